The second-order valence-electron chi connectivity index (χ2n) is 4.43. The third-order valence-electron chi connectivity index (χ3n) is 3.09. The molecule has 0 radical (unpaired) electrons. The van der Waals surface area contributed by atoms with Crippen LogP contribution in [0.1, 0.15) is 12.8 Å². The minimum absolute atomic E-state index is 0. The summed E-state index contributed by atoms with van der Waals surface area (Å²) in [5.41, 5.74) is 0. The van der Waals surface area contributed by atoms with E-state index in [2.05, 4.69) is 5.32 Å². The predicted molar refractivity (Wildman–Crippen MR) is 71.3 cm³/mol. The SMILES string of the molecule is Cl.O=S(=O)(CC1CCNCC1)c1ccc(F)cc1. The van der Waals surface area contributed by atoms with Gasteiger partial charge in [0.1, 0.15) is 5.82 Å². The van der Waals surface area contributed by atoms with E-state index in [0.717, 1.165) is 25.9 Å². The van der Waals surface area contributed by atoms with Crippen LogP contribution in [0, 0.1) is 11.7 Å². The van der Waals surface area contributed by atoms with Crippen LogP contribution in [0.25, 0.3) is 0 Å². The second-order valence-corrected chi connectivity index (χ2v) is 6.46. The van der Waals surface area contributed by atoms with Gasteiger partial charge < -0.3 is 5.32 Å². The van der Waals surface area contributed by atoms with Gasteiger partial charge in [0.05, 0.1) is 10.6 Å². The Hall–Kier alpha value is -0.650. The van der Waals surface area contributed by atoms with Crippen LogP contribution in [0.3, 0.4) is 0 Å². The van der Waals surface area contributed by atoms with E-state index < -0.39 is 15.7 Å². The molecule has 0 saturated carbocycles. The molecule has 1 aromatic rings. The topological polar surface area (TPSA) is 46.2 Å². The molecule has 2 rings (SSSR count). The molecule has 6 heteroatoms. The Kier molecular flexibility index (Phi) is 5.56. The standard InChI is InChI=1S/C12H16FNO2S.ClH/c13-11-1-3-12(4-2-11)17(15,16)9-10-5-7-14-8-6-10;/h1-4,10,14H,5-9H2;1H. The molecule has 0 aromatic heterocycles. The summed E-state index contributed by atoms with van der Waals surface area (Å²) in [7, 11) is -3.27. The van der Waals surface area contributed by atoms with Crippen molar-refractivity contribution in [2.24, 2.45) is 5.92 Å². The first kappa shape index (κ1) is 15.4. The summed E-state index contributed by atoms with van der Waals surface area (Å²) in [4.78, 5) is 0.220. The average molecular weight is 294 g/mol. The maximum atomic E-state index is 12.7. The third kappa shape index (κ3) is 3.93. The second kappa shape index (κ2) is 6.50. The minimum atomic E-state index is -3.27. The van der Waals surface area contributed by atoms with Gasteiger partial charge in [-0.15, -0.1) is 12.4 Å². The van der Waals surface area contributed by atoms with Crippen LogP contribution in [0.4, 0.5) is 4.39 Å². The van der Waals surface area contributed by atoms with Crippen LogP contribution in [0.2, 0.25) is 0 Å². The molecule has 0 unspecified atom stereocenters. The number of benzene rings is 1. The fraction of sp³-hybridized carbons (Fsp3) is 0.500. The van der Waals surface area contributed by atoms with Crippen LogP contribution in [-0.2, 0) is 9.84 Å². The number of rotatable bonds is 3. The van der Waals surface area contributed by atoms with Gasteiger partial charge in [-0.2, -0.15) is 0 Å². The molecular formula is C12H17ClFNO2S. The summed E-state index contributed by atoms with van der Waals surface area (Å²) < 4.78 is 36.9. The third-order valence-corrected chi connectivity index (χ3v) is 4.99. The zero-order valence-corrected chi connectivity index (χ0v) is 11.6. The molecule has 1 aromatic carbocycles. The first-order chi connectivity index (χ1) is 8.08. The molecule has 1 fully saturated rings. The zero-order chi connectivity index (χ0) is 12.3. The van der Waals surface area contributed by atoms with Crippen LogP contribution in [0.5, 0.6) is 0 Å². The Morgan fingerprint density at radius 1 is 1.17 bits per heavy atom. The van der Waals surface area contributed by atoms with Crippen LogP contribution < -0.4 is 5.32 Å². The Morgan fingerprint density at radius 3 is 2.28 bits per heavy atom. The fourth-order valence-electron chi connectivity index (χ4n) is 2.10. The quantitative estimate of drug-likeness (QED) is 0.867. The van der Waals surface area contributed by atoms with Crippen molar-refractivity contribution in [2.75, 3.05) is 18.8 Å². The van der Waals surface area contributed by atoms with Crippen molar-refractivity contribution in [1.82, 2.24) is 5.32 Å². The first-order valence-corrected chi connectivity index (χ1v) is 7.42. The van der Waals surface area contributed by atoms with E-state index in [9.17, 15) is 12.8 Å². The highest BCUT2D eigenvalue weighted by Gasteiger charge is 2.22. The molecular weight excluding hydrogens is 277 g/mol. The predicted octanol–water partition coefficient (Wildman–Crippen LogP) is 2.02. The first-order valence-electron chi connectivity index (χ1n) is 5.77. The van der Waals surface area contributed by atoms with Gasteiger partial charge in [-0.1, -0.05) is 0 Å². The van der Waals surface area contributed by atoms with Crippen molar-refractivity contribution in [3.05, 3.63) is 30.1 Å². The Bertz CT molecular complexity index is 469. The molecule has 1 aliphatic heterocycles. The Balaban J connectivity index is 0.00000162. The highest BCUT2D eigenvalue weighted by atomic mass is 35.5. The molecule has 0 aliphatic carbocycles. The van der Waals surface area contributed by atoms with Gasteiger partial charge in [-0.25, -0.2) is 12.8 Å². The Labute approximate surface area is 113 Å². The minimum Gasteiger partial charge on any atom is -0.317 e. The van der Waals surface area contributed by atoms with Gasteiger partial charge in [0.15, 0.2) is 9.84 Å². The highest BCUT2D eigenvalue weighted by Crippen LogP contribution is 2.19. The maximum Gasteiger partial charge on any atom is 0.178 e. The lowest BCUT2D eigenvalue weighted by molar-refractivity contribution is 0.401. The summed E-state index contributed by atoms with van der Waals surface area (Å²) in [6.07, 6.45) is 1.78. The number of halogens is 2. The van der Waals surface area contributed by atoms with Gasteiger partial charge in [0.2, 0.25) is 0 Å². The molecule has 1 heterocycles. The monoisotopic (exact) mass is 293 g/mol. The summed E-state index contributed by atoms with van der Waals surface area (Å²) in [5, 5.41) is 3.20. The smallest absolute Gasteiger partial charge is 0.178 e. The van der Waals surface area contributed by atoms with E-state index in [-0.39, 0.29) is 29.0 Å². The molecule has 1 saturated heterocycles. The van der Waals surface area contributed by atoms with Gasteiger partial charge in [-0.3, -0.25) is 0 Å². The summed E-state index contributed by atoms with van der Waals surface area (Å²) in [6, 6.07) is 5.06. The molecule has 1 N–H and O–H groups in total. The summed E-state index contributed by atoms with van der Waals surface area (Å²) in [6.45, 7) is 1.76. The summed E-state index contributed by atoms with van der Waals surface area (Å²) >= 11 is 0. The maximum absolute atomic E-state index is 12.7. The van der Waals surface area contributed by atoms with Crippen LogP contribution in [0.15, 0.2) is 29.2 Å². The lowest BCUT2D eigenvalue weighted by Crippen LogP contribution is -2.31. The van der Waals surface area contributed by atoms with E-state index in [1.807, 2.05) is 0 Å². The van der Waals surface area contributed by atoms with Crippen molar-refractivity contribution in [1.29, 1.82) is 0 Å². The molecule has 3 nitrogen and oxygen atoms in total. The number of nitrogens with one attached hydrogen (secondary N) is 1. The van der Waals surface area contributed by atoms with Crippen molar-refractivity contribution < 1.29 is 12.8 Å². The largest absolute Gasteiger partial charge is 0.317 e. The number of sulfone groups is 1. The highest BCUT2D eigenvalue weighted by molar-refractivity contribution is 7.91. The van der Waals surface area contributed by atoms with Gasteiger partial charge >= 0.3 is 0 Å². The van der Waals surface area contributed by atoms with Crippen molar-refractivity contribution >= 4 is 22.2 Å². The molecule has 0 atom stereocenters. The van der Waals surface area contributed by atoms with Gasteiger partial charge in [0.25, 0.3) is 0 Å². The van der Waals surface area contributed by atoms with Crippen LogP contribution >= 0.6 is 12.4 Å². The van der Waals surface area contributed by atoms with E-state index in [1.54, 1.807) is 0 Å². The number of hydrogen-bond acceptors (Lipinski definition) is 3. The van der Waals surface area contributed by atoms with Gasteiger partial charge in [0, 0.05) is 0 Å². The number of hydrogen-bond donors (Lipinski definition) is 1. The van der Waals surface area contributed by atoms with E-state index in [1.165, 1.54) is 24.3 Å². The van der Waals surface area contributed by atoms with E-state index in [0.29, 0.717) is 0 Å². The number of piperidine rings is 1. The lowest BCUT2D eigenvalue weighted by atomic mass is 10.0. The average Bonchev–Trinajstić information content (AvgIpc) is 2.30. The fourth-order valence-corrected chi connectivity index (χ4v) is 3.79. The molecule has 1 aliphatic rings. The lowest BCUT2D eigenvalue weighted by Gasteiger charge is -2.22. The van der Waals surface area contributed by atoms with E-state index in [4.69, 9.17) is 0 Å². The molecule has 0 spiro atoms. The Morgan fingerprint density at radius 2 is 1.72 bits per heavy atom. The molecule has 18 heavy (non-hydrogen) atoms. The van der Waals surface area contributed by atoms with Gasteiger partial charge in [-0.05, 0) is 56.1 Å². The molecule has 102 valence electrons. The van der Waals surface area contributed by atoms with Crippen molar-refractivity contribution in [3.63, 3.8) is 0 Å². The summed E-state index contributed by atoms with van der Waals surface area (Å²) in [5.74, 6) is -0.0301. The van der Waals surface area contributed by atoms with Crippen LogP contribution in [-0.4, -0.2) is 27.3 Å². The molecule has 0 amide bonds. The zero-order valence-electron chi connectivity index (χ0n) is 9.93. The van der Waals surface area contributed by atoms with Crippen molar-refractivity contribution in [3.8, 4) is 0 Å². The van der Waals surface area contributed by atoms with Crippen molar-refractivity contribution in [2.45, 2.75) is 17.7 Å². The normalized spacial score (nSPS) is 17.2. The van der Waals surface area contributed by atoms with E-state index >= 15 is 0 Å². The molecule has 0 bridgehead atoms.